The van der Waals surface area contributed by atoms with Crippen molar-refractivity contribution in [2.45, 2.75) is 50.4 Å². The first-order valence-electron chi connectivity index (χ1n) is 11.5. The molecule has 0 atom stereocenters. The fraction of sp³-hybridized carbons (Fsp3) is 0.522. The number of nitrogens with one attached hydrogen (secondary N) is 2. The molecule has 168 valence electrons. The van der Waals surface area contributed by atoms with Crippen molar-refractivity contribution in [1.82, 2.24) is 25.4 Å². The van der Waals surface area contributed by atoms with Gasteiger partial charge in [0.1, 0.15) is 5.82 Å². The van der Waals surface area contributed by atoms with E-state index in [-0.39, 0.29) is 24.3 Å². The summed E-state index contributed by atoms with van der Waals surface area (Å²) < 4.78 is 0. The third kappa shape index (κ3) is 4.37. The summed E-state index contributed by atoms with van der Waals surface area (Å²) in [7, 11) is 0. The maximum Gasteiger partial charge on any atom is 0.251 e. The summed E-state index contributed by atoms with van der Waals surface area (Å²) in [5.74, 6) is 2.45. The molecule has 32 heavy (non-hydrogen) atoms. The second-order valence-corrected chi connectivity index (χ2v) is 8.89. The lowest BCUT2D eigenvalue weighted by molar-refractivity contribution is -0.131. The molecule has 1 aromatic heterocycles. The molecular formula is C23H28N6O3. The molecule has 0 radical (unpaired) electrons. The zero-order valence-electron chi connectivity index (χ0n) is 18.0. The van der Waals surface area contributed by atoms with Crippen molar-refractivity contribution in [1.29, 1.82) is 0 Å². The zero-order chi connectivity index (χ0) is 22.1. The standard InChI is InChI=1S/C23H28N6O3/c30-19-2-1-11-29(19)18-7-5-17(6-8-18)23(32)24-14-20(31)28-12-9-16(10-13-28)22-25-21(26-27-22)15-3-4-15/h5-8,15-16H,1-4,9-14H2,(H,24,32)(H,25,26,27). The molecule has 3 heterocycles. The summed E-state index contributed by atoms with van der Waals surface area (Å²) >= 11 is 0. The number of carbonyl (C=O) groups excluding carboxylic acids is 3. The molecule has 3 aliphatic rings. The molecule has 1 saturated carbocycles. The number of amides is 3. The number of carbonyl (C=O) groups is 3. The van der Waals surface area contributed by atoms with Gasteiger partial charge in [-0.25, -0.2) is 4.98 Å². The van der Waals surface area contributed by atoms with Crippen LogP contribution in [-0.4, -0.2) is 64.0 Å². The van der Waals surface area contributed by atoms with Crippen LogP contribution >= 0.6 is 0 Å². The number of rotatable bonds is 6. The largest absolute Gasteiger partial charge is 0.343 e. The van der Waals surface area contributed by atoms with Gasteiger partial charge in [-0.05, 0) is 56.4 Å². The van der Waals surface area contributed by atoms with Gasteiger partial charge in [0.05, 0.1) is 6.54 Å². The lowest BCUT2D eigenvalue weighted by atomic mass is 9.96. The number of hydrogen-bond donors (Lipinski definition) is 2. The van der Waals surface area contributed by atoms with Crippen LogP contribution in [0.2, 0.25) is 0 Å². The molecule has 5 rings (SSSR count). The van der Waals surface area contributed by atoms with Gasteiger partial charge < -0.3 is 15.1 Å². The van der Waals surface area contributed by atoms with Crippen LogP contribution in [-0.2, 0) is 9.59 Å². The SMILES string of the molecule is O=C(NCC(=O)N1CCC(c2nc(C3CC3)n[nH]2)CC1)c1ccc(N2CCCC2=O)cc1. The van der Waals surface area contributed by atoms with Crippen molar-refractivity contribution >= 4 is 23.4 Å². The maximum atomic E-state index is 12.6. The molecule has 2 aliphatic heterocycles. The quantitative estimate of drug-likeness (QED) is 0.719. The fourth-order valence-corrected chi connectivity index (χ4v) is 4.48. The molecule has 2 saturated heterocycles. The Kier molecular flexibility index (Phi) is 5.63. The van der Waals surface area contributed by atoms with E-state index < -0.39 is 0 Å². The van der Waals surface area contributed by atoms with E-state index in [2.05, 4.69) is 20.5 Å². The molecule has 9 nitrogen and oxygen atoms in total. The average Bonchev–Trinajstić information content (AvgIpc) is 3.40. The number of nitrogens with zero attached hydrogens (tertiary/aromatic N) is 4. The summed E-state index contributed by atoms with van der Waals surface area (Å²) in [4.78, 5) is 45.1. The van der Waals surface area contributed by atoms with Crippen LogP contribution in [0.4, 0.5) is 5.69 Å². The molecule has 2 aromatic rings. The minimum absolute atomic E-state index is 0.0238. The fourth-order valence-electron chi connectivity index (χ4n) is 4.48. The molecule has 1 aromatic carbocycles. The number of hydrogen-bond acceptors (Lipinski definition) is 5. The van der Waals surface area contributed by atoms with Gasteiger partial charge in [0.2, 0.25) is 11.8 Å². The number of likely N-dealkylation sites (tertiary alicyclic amines) is 1. The van der Waals surface area contributed by atoms with Gasteiger partial charge in [-0.1, -0.05) is 0 Å². The summed E-state index contributed by atoms with van der Waals surface area (Å²) in [6.45, 7) is 1.99. The molecular weight excluding hydrogens is 408 g/mol. The number of anilines is 1. The number of aromatic nitrogens is 3. The van der Waals surface area contributed by atoms with E-state index in [1.165, 1.54) is 12.8 Å². The van der Waals surface area contributed by atoms with Crippen LogP contribution in [0.5, 0.6) is 0 Å². The Morgan fingerprint density at radius 1 is 1.03 bits per heavy atom. The molecule has 0 spiro atoms. The Balaban J connectivity index is 1.08. The monoisotopic (exact) mass is 436 g/mol. The lowest BCUT2D eigenvalue weighted by Gasteiger charge is -2.31. The van der Waals surface area contributed by atoms with Gasteiger partial charge in [0, 0.05) is 49.1 Å². The van der Waals surface area contributed by atoms with Crippen LogP contribution in [0.1, 0.15) is 72.4 Å². The lowest BCUT2D eigenvalue weighted by Crippen LogP contribution is -2.43. The Morgan fingerprint density at radius 3 is 2.44 bits per heavy atom. The second-order valence-electron chi connectivity index (χ2n) is 8.89. The number of benzene rings is 1. The van der Waals surface area contributed by atoms with Gasteiger partial charge in [-0.2, -0.15) is 5.10 Å². The Labute approximate surface area is 186 Å². The predicted molar refractivity (Wildman–Crippen MR) is 117 cm³/mol. The summed E-state index contributed by atoms with van der Waals surface area (Å²) in [5.41, 5.74) is 1.28. The zero-order valence-corrected chi connectivity index (χ0v) is 18.0. The van der Waals surface area contributed by atoms with Gasteiger partial charge in [-0.15, -0.1) is 0 Å². The van der Waals surface area contributed by atoms with E-state index in [0.29, 0.717) is 43.5 Å². The van der Waals surface area contributed by atoms with E-state index in [0.717, 1.165) is 36.6 Å². The highest BCUT2D eigenvalue weighted by atomic mass is 16.2. The predicted octanol–water partition coefficient (Wildman–Crippen LogP) is 1.94. The first kappa shape index (κ1) is 20.7. The van der Waals surface area contributed by atoms with Crippen molar-refractivity contribution in [3.63, 3.8) is 0 Å². The Morgan fingerprint density at radius 2 is 1.78 bits per heavy atom. The number of aromatic amines is 1. The summed E-state index contributed by atoms with van der Waals surface area (Å²) in [5, 5.41) is 10.1. The molecule has 1 aliphatic carbocycles. The smallest absolute Gasteiger partial charge is 0.251 e. The van der Waals surface area contributed by atoms with Gasteiger partial charge in [-0.3, -0.25) is 19.5 Å². The highest BCUT2D eigenvalue weighted by Gasteiger charge is 2.30. The van der Waals surface area contributed by atoms with E-state index in [4.69, 9.17) is 0 Å². The van der Waals surface area contributed by atoms with Gasteiger partial charge in [0.15, 0.2) is 5.82 Å². The summed E-state index contributed by atoms with van der Waals surface area (Å²) in [6, 6.07) is 6.95. The maximum absolute atomic E-state index is 12.6. The Bertz CT molecular complexity index is 1000. The topological polar surface area (TPSA) is 111 Å². The van der Waals surface area contributed by atoms with Crippen LogP contribution in [0.25, 0.3) is 0 Å². The third-order valence-electron chi connectivity index (χ3n) is 6.61. The van der Waals surface area contributed by atoms with Crippen molar-refractivity contribution in [2.24, 2.45) is 0 Å². The molecule has 0 bridgehead atoms. The van der Waals surface area contributed by atoms with Crippen molar-refractivity contribution < 1.29 is 14.4 Å². The first-order chi connectivity index (χ1) is 15.6. The normalized spacial score (nSPS) is 19.4. The van der Waals surface area contributed by atoms with E-state index in [1.807, 2.05) is 0 Å². The van der Waals surface area contributed by atoms with Crippen LogP contribution in [0, 0.1) is 0 Å². The second kappa shape index (κ2) is 8.72. The van der Waals surface area contributed by atoms with Crippen molar-refractivity contribution in [3.05, 3.63) is 41.5 Å². The highest BCUT2D eigenvalue weighted by Crippen LogP contribution is 2.38. The number of piperidine rings is 1. The molecule has 0 unspecified atom stereocenters. The van der Waals surface area contributed by atoms with Crippen molar-refractivity contribution in [3.8, 4) is 0 Å². The van der Waals surface area contributed by atoms with Gasteiger partial charge >= 0.3 is 0 Å². The third-order valence-corrected chi connectivity index (χ3v) is 6.61. The first-order valence-corrected chi connectivity index (χ1v) is 11.5. The van der Waals surface area contributed by atoms with Crippen LogP contribution in [0.3, 0.4) is 0 Å². The minimum Gasteiger partial charge on any atom is -0.343 e. The molecule has 2 N–H and O–H groups in total. The summed E-state index contributed by atoms with van der Waals surface area (Å²) in [6.07, 6.45) is 5.48. The molecule has 3 amide bonds. The Hall–Kier alpha value is -3.23. The van der Waals surface area contributed by atoms with Crippen LogP contribution in [0.15, 0.2) is 24.3 Å². The van der Waals surface area contributed by atoms with E-state index in [9.17, 15) is 14.4 Å². The molecule has 9 heteroatoms. The highest BCUT2D eigenvalue weighted by molar-refractivity contribution is 5.98. The molecule has 3 fully saturated rings. The van der Waals surface area contributed by atoms with E-state index >= 15 is 0 Å². The van der Waals surface area contributed by atoms with Gasteiger partial charge in [0.25, 0.3) is 5.91 Å². The van der Waals surface area contributed by atoms with E-state index in [1.54, 1.807) is 34.1 Å². The minimum atomic E-state index is -0.290. The van der Waals surface area contributed by atoms with Crippen molar-refractivity contribution in [2.75, 3.05) is 31.1 Å². The average molecular weight is 437 g/mol. The number of H-pyrrole nitrogens is 1. The van der Waals surface area contributed by atoms with Crippen LogP contribution < -0.4 is 10.2 Å².